The fourth-order valence-corrected chi connectivity index (χ4v) is 3.06. The molecule has 5 nitrogen and oxygen atoms in total. The van der Waals surface area contributed by atoms with Crippen molar-refractivity contribution in [3.8, 4) is 5.75 Å². The van der Waals surface area contributed by atoms with Gasteiger partial charge in [0.15, 0.2) is 6.61 Å². The number of benzene rings is 4. The molecule has 0 saturated heterocycles. The number of fused-ring (bicyclic) bond motifs is 2. The number of phenols is 1. The van der Waals surface area contributed by atoms with Crippen LogP contribution in [-0.2, 0) is 9.53 Å². The Bertz CT molecular complexity index is 1200. The minimum Gasteiger partial charge on any atom is -0.507 e. The number of nitrogens with one attached hydrogen (secondary N) is 1. The minimum absolute atomic E-state index is 0.0252. The Morgan fingerprint density at radius 2 is 1.39 bits per heavy atom. The van der Waals surface area contributed by atoms with E-state index in [0.717, 1.165) is 21.5 Å². The van der Waals surface area contributed by atoms with E-state index in [1.807, 2.05) is 60.7 Å². The third-order valence-electron chi connectivity index (χ3n) is 4.45. The zero-order valence-corrected chi connectivity index (χ0v) is 14.9. The van der Waals surface area contributed by atoms with Crippen molar-refractivity contribution in [2.75, 3.05) is 11.9 Å². The van der Waals surface area contributed by atoms with Gasteiger partial charge in [-0.3, -0.25) is 4.79 Å². The first-order valence-corrected chi connectivity index (χ1v) is 8.78. The van der Waals surface area contributed by atoms with Gasteiger partial charge >= 0.3 is 5.97 Å². The number of hydrogen-bond donors (Lipinski definition) is 2. The molecular weight excluding hydrogens is 354 g/mol. The molecule has 28 heavy (non-hydrogen) atoms. The Kier molecular flexibility index (Phi) is 4.64. The monoisotopic (exact) mass is 371 g/mol. The van der Waals surface area contributed by atoms with Gasteiger partial charge in [-0.15, -0.1) is 0 Å². The van der Waals surface area contributed by atoms with Gasteiger partial charge in [-0.2, -0.15) is 0 Å². The molecule has 0 aliphatic heterocycles. The molecule has 0 aliphatic carbocycles. The molecule has 4 aromatic rings. The molecule has 0 saturated carbocycles. The van der Waals surface area contributed by atoms with Gasteiger partial charge in [-0.05, 0) is 45.8 Å². The first-order chi connectivity index (χ1) is 13.6. The molecule has 0 atom stereocenters. The van der Waals surface area contributed by atoms with Gasteiger partial charge in [-0.1, -0.05) is 54.6 Å². The summed E-state index contributed by atoms with van der Waals surface area (Å²) in [4.78, 5) is 24.4. The molecule has 4 rings (SSSR count). The predicted molar refractivity (Wildman–Crippen MR) is 108 cm³/mol. The Balaban J connectivity index is 1.42. The zero-order valence-electron chi connectivity index (χ0n) is 14.9. The molecule has 2 N–H and O–H groups in total. The summed E-state index contributed by atoms with van der Waals surface area (Å²) < 4.78 is 5.07. The van der Waals surface area contributed by atoms with Gasteiger partial charge in [-0.25, -0.2) is 4.79 Å². The van der Waals surface area contributed by atoms with Crippen LogP contribution < -0.4 is 5.32 Å². The first kappa shape index (κ1) is 17.5. The fraction of sp³-hybridized carbons (Fsp3) is 0.0435. The van der Waals surface area contributed by atoms with E-state index in [0.29, 0.717) is 5.69 Å². The van der Waals surface area contributed by atoms with Crippen LogP contribution in [0.2, 0.25) is 0 Å². The number of carbonyl (C=O) groups is 2. The van der Waals surface area contributed by atoms with Gasteiger partial charge in [0.1, 0.15) is 11.3 Å². The summed E-state index contributed by atoms with van der Waals surface area (Å²) in [6.07, 6.45) is 0. The average molecular weight is 371 g/mol. The van der Waals surface area contributed by atoms with Crippen LogP contribution in [0.25, 0.3) is 21.5 Å². The molecule has 0 bridgehead atoms. The van der Waals surface area contributed by atoms with Gasteiger partial charge in [0.05, 0.1) is 0 Å². The summed E-state index contributed by atoms with van der Waals surface area (Å²) in [6, 6.07) is 23.8. The average Bonchev–Trinajstić information content (AvgIpc) is 2.71. The van der Waals surface area contributed by atoms with E-state index < -0.39 is 18.5 Å². The molecule has 138 valence electrons. The summed E-state index contributed by atoms with van der Waals surface area (Å²) in [5, 5.41) is 16.5. The molecule has 5 heteroatoms. The highest BCUT2D eigenvalue weighted by Crippen LogP contribution is 2.25. The fourth-order valence-electron chi connectivity index (χ4n) is 3.06. The lowest BCUT2D eigenvalue weighted by molar-refractivity contribution is -0.119. The standard InChI is InChI=1S/C23H17NO4/c25-21-13-18-8-4-3-7-17(18)12-20(21)23(27)28-14-22(26)24-19-10-9-15-5-1-2-6-16(15)11-19/h1-13,25H,14H2,(H,24,26). The second kappa shape index (κ2) is 7.40. The van der Waals surface area contributed by atoms with Crippen molar-refractivity contribution >= 4 is 39.1 Å². The lowest BCUT2D eigenvalue weighted by Crippen LogP contribution is -2.21. The largest absolute Gasteiger partial charge is 0.507 e. The van der Waals surface area contributed by atoms with E-state index >= 15 is 0 Å². The molecule has 4 aromatic carbocycles. The van der Waals surface area contributed by atoms with Gasteiger partial charge in [0.25, 0.3) is 5.91 Å². The number of rotatable bonds is 4. The number of ether oxygens (including phenoxy) is 1. The van der Waals surface area contributed by atoms with Gasteiger partial charge < -0.3 is 15.2 Å². The summed E-state index contributed by atoms with van der Waals surface area (Å²) in [7, 11) is 0. The van der Waals surface area contributed by atoms with Crippen molar-refractivity contribution in [2.45, 2.75) is 0 Å². The van der Waals surface area contributed by atoms with Crippen molar-refractivity contribution in [3.05, 3.63) is 84.4 Å². The van der Waals surface area contributed by atoms with Gasteiger partial charge in [0.2, 0.25) is 0 Å². The van der Waals surface area contributed by atoms with Crippen LogP contribution >= 0.6 is 0 Å². The van der Waals surface area contributed by atoms with Crippen LogP contribution in [0.5, 0.6) is 5.75 Å². The molecule has 0 radical (unpaired) electrons. The molecule has 0 unspecified atom stereocenters. The highest BCUT2D eigenvalue weighted by molar-refractivity contribution is 6.00. The minimum atomic E-state index is -0.753. The highest BCUT2D eigenvalue weighted by Gasteiger charge is 2.15. The molecule has 0 spiro atoms. The number of amides is 1. The molecule has 0 heterocycles. The Morgan fingerprint density at radius 3 is 2.11 bits per heavy atom. The molecule has 0 aliphatic rings. The van der Waals surface area contributed by atoms with E-state index in [1.165, 1.54) is 6.07 Å². The summed E-state index contributed by atoms with van der Waals surface area (Å²) in [5.41, 5.74) is 0.644. The van der Waals surface area contributed by atoms with Crippen molar-refractivity contribution < 1.29 is 19.4 Å². The van der Waals surface area contributed by atoms with Crippen LogP contribution in [0.1, 0.15) is 10.4 Å². The van der Waals surface area contributed by atoms with E-state index in [9.17, 15) is 14.7 Å². The van der Waals surface area contributed by atoms with E-state index in [1.54, 1.807) is 12.1 Å². The number of phenolic OH excluding ortho intramolecular Hbond substituents is 1. The van der Waals surface area contributed by atoms with E-state index in [-0.39, 0.29) is 11.3 Å². The Hall–Kier alpha value is -3.86. The number of anilines is 1. The van der Waals surface area contributed by atoms with E-state index in [4.69, 9.17) is 4.74 Å². The Morgan fingerprint density at radius 1 is 0.786 bits per heavy atom. The second-order valence-electron chi connectivity index (χ2n) is 6.40. The second-order valence-corrected chi connectivity index (χ2v) is 6.40. The van der Waals surface area contributed by atoms with Crippen molar-refractivity contribution in [2.24, 2.45) is 0 Å². The lowest BCUT2D eigenvalue weighted by atomic mass is 10.1. The number of hydrogen-bond acceptors (Lipinski definition) is 4. The van der Waals surface area contributed by atoms with Gasteiger partial charge in [0, 0.05) is 5.69 Å². The Labute approximate surface area is 161 Å². The third kappa shape index (κ3) is 3.64. The predicted octanol–water partition coefficient (Wildman–Crippen LogP) is 4.49. The van der Waals surface area contributed by atoms with Crippen LogP contribution in [0.3, 0.4) is 0 Å². The summed E-state index contributed by atoms with van der Waals surface area (Å²) in [6.45, 7) is -0.447. The highest BCUT2D eigenvalue weighted by atomic mass is 16.5. The smallest absolute Gasteiger partial charge is 0.342 e. The van der Waals surface area contributed by atoms with Crippen molar-refractivity contribution in [1.29, 1.82) is 0 Å². The molecule has 1 amide bonds. The first-order valence-electron chi connectivity index (χ1n) is 8.78. The maximum absolute atomic E-state index is 12.3. The van der Waals surface area contributed by atoms with Crippen LogP contribution in [0.4, 0.5) is 5.69 Å². The van der Waals surface area contributed by atoms with E-state index in [2.05, 4.69) is 5.32 Å². The lowest BCUT2D eigenvalue weighted by Gasteiger charge is -2.09. The molecule has 0 aromatic heterocycles. The van der Waals surface area contributed by atoms with Crippen molar-refractivity contribution in [1.82, 2.24) is 0 Å². The molecular formula is C23H17NO4. The van der Waals surface area contributed by atoms with Crippen LogP contribution in [0.15, 0.2) is 78.9 Å². The third-order valence-corrected chi connectivity index (χ3v) is 4.45. The number of carbonyl (C=O) groups excluding carboxylic acids is 2. The molecule has 0 fully saturated rings. The normalized spacial score (nSPS) is 10.7. The SMILES string of the molecule is O=C(COC(=O)c1cc2ccccc2cc1O)Nc1ccc2ccccc2c1. The quantitative estimate of drug-likeness (QED) is 0.518. The summed E-state index contributed by atoms with van der Waals surface area (Å²) >= 11 is 0. The maximum atomic E-state index is 12.3. The van der Waals surface area contributed by atoms with Crippen LogP contribution in [0, 0.1) is 0 Å². The van der Waals surface area contributed by atoms with Crippen molar-refractivity contribution in [3.63, 3.8) is 0 Å². The summed E-state index contributed by atoms with van der Waals surface area (Å²) in [5.74, 6) is -1.39. The number of esters is 1. The zero-order chi connectivity index (χ0) is 19.5. The van der Waals surface area contributed by atoms with Crippen LogP contribution in [-0.4, -0.2) is 23.6 Å². The topological polar surface area (TPSA) is 75.6 Å². The maximum Gasteiger partial charge on any atom is 0.342 e. The number of aromatic hydroxyl groups is 1.